The SMILES string of the molecule is O=C(Nc1ccc(S(=O)(=O)Nc2ccccc2Cl)cc1)C1CCN(Cc2ccccc2)CC1. The second-order valence-electron chi connectivity index (χ2n) is 8.13. The van der Waals surface area contributed by atoms with Crippen molar-refractivity contribution < 1.29 is 13.2 Å². The number of hydrogen-bond donors (Lipinski definition) is 2. The van der Waals surface area contributed by atoms with E-state index >= 15 is 0 Å². The Kier molecular flexibility index (Phi) is 7.33. The number of sulfonamides is 1. The summed E-state index contributed by atoms with van der Waals surface area (Å²) in [6, 6.07) is 23.1. The van der Waals surface area contributed by atoms with E-state index in [-0.39, 0.29) is 16.7 Å². The fourth-order valence-electron chi connectivity index (χ4n) is 3.90. The molecule has 1 heterocycles. The van der Waals surface area contributed by atoms with Crippen LogP contribution in [0.1, 0.15) is 18.4 Å². The van der Waals surface area contributed by atoms with Crippen LogP contribution in [0.2, 0.25) is 5.02 Å². The third-order valence-corrected chi connectivity index (χ3v) is 7.47. The van der Waals surface area contributed by atoms with Gasteiger partial charge in [-0.1, -0.05) is 54.1 Å². The highest BCUT2D eigenvalue weighted by Crippen LogP contribution is 2.25. The number of likely N-dealkylation sites (tertiary alicyclic amines) is 1. The number of halogens is 1. The van der Waals surface area contributed by atoms with Gasteiger partial charge in [-0.25, -0.2) is 8.42 Å². The molecule has 1 fully saturated rings. The van der Waals surface area contributed by atoms with Crippen molar-refractivity contribution >= 4 is 38.9 Å². The van der Waals surface area contributed by atoms with Crippen molar-refractivity contribution in [2.75, 3.05) is 23.1 Å². The molecule has 4 rings (SSSR count). The van der Waals surface area contributed by atoms with Crippen LogP contribution in [0, 0.1) is 5.92 Å². The molecule has 0 bridgehead atoms. The molecule has 0 radical (unpaired) electrons. The summed E-state index contributed by atoms with van der Waals surface area (Å²) in [5, 5.41) is 3.24. The van der Waals surface area contributed by atoms with Crippen molar-refractivity contribution in [3.63, 3.8) is 0 Å². The van der Waals surface area contributed by atoms with Gasteiger partial charge in [-0.15, -0.1) is 0 Å². The van der Waals surface area contributed by atoms with Gasteiger partial charge in [0.15, 0.2) is 0 Å². The van der Waals surface area contributed by atoms with Gasteiger partial charge in [-0.3, -0.25) is 14.4 Å². The lowest BCUT2D eigenvalue weighted by atomic mass is 9.95. The molecular formula is C25H26ClN3O3S. The molecule has 1 aliphatic rings. The molecule has 1 aliphatic heterocycles. The summed E-state index contributed by atoms with van der Waals surface area (Å²) in [5.74, 6) is -0.0820. The molecular weight excluding hydrogens is 458 g/mol. The number of amides is 1. The minimum Gasteiger partial charge on any atom is -0.326 e. The standard InChI is InChI=1S/C25H26ClN3O3S/c26-23-8-4-5-9-24(23)28-33(31,32)22-12-10-21(11-13-22)27-25(30)20-14-16-29(17-15-20)18-19-6-2-1-3-7-19/h1-13,20,28H,14-18H2,(H,27,30). The quantitative estimate of drug-likeness (QED) is 0.496. The van der Waals surface area contributed by atoms with E-state index in [1.807, 2.05) is 18.2 Å². The Morgan fingerprint density at radius 1 is 0.909 bits per heavy atom. The molecule has 0 atom stereocenters. The van der Waals surface area contributed by atoms with Crippen LogP contribution in [0.4, 0.5) is 11.4 Å². The molecule has 0 aliphatic carbocycles. The van der Waals surface area contributed by atoms with E-state index in [9.17, 15) is 13.2 Å². The second-order valence-corrected chi connectivity index (χ2v) is 10.2. The van der Waals surface area contributed by atoms with Crippen LogP contribution >= 0.6 is 11.6 Å². The molecule has 3 aromatic carbocycles. The van der Waals surface area contributed by atoms with Gasteiger partial charge in [0.25, 0.3) is 10.0 Å². The van der Waals surface area contributed by atoms with E-state index in [0.717, 1.165) is 32.5 Å². The monoisotopic (exact) mass is 483 g/mol. The average Bonchev–Trinajstić information content (AvgIpc) is 2.82. The number of nitrogens with zero attached hydrogens (tertiary/aromatic N) is 1. The number of rotatable bonds is 7. The van der Waals surface area contributed by atoms with Crippen molar-refractivity contribution in [1.29, 1.82) is 0 Å². The maximum absolute atomic E-state index is 12.7. The lowest BCUT2D eigenvalue weighted by Crippen LogP contribution is -2.37. The van der Waals surface area contributed by atoms with Gasteiger partial charge in [0, 0.05) is 18.2 Å². The Labute approximate surface area is 199 Å². The van der Waals surface area contributed by atoms with E-state index in [4.69, 9.17) is 11.6 Å². The zero-order valence-electron chi connectivity index (χ0n) is 18.1. The zero-order valence-corrected chi connectivity index (χ0v) is 19.6. The zero-order chi connectivity index (χ0) is 23.3. The van der Waals surface area contributed by atoms with Crippen molar-refractivity contribution in [2.24, 2.45) is 5.92 Å². The molecule has 2 N–H and O–H groups in total. The largest absolute Gasteiger partial charge is 0.326 e. The highest BCUT2D eigenvalue weighted by atomic mass is 35.5. The number of carbonyl (C=O) groups excluding carboxylic acids is 1. The van der Waals surface area contributed by atoms with Crippen LogP contribution in [-0.4, -0.2) is 32.3 Å². The van der Waals surface area contributed by atoms with Crippen LogP contribution in [-0.2, 0) is 21.4 Å². The normalized spacial score (nSPS) is 15.2. The first-order chi connectivity index (χ1) is 15.9. The topological polar surface area (TPSA) is 78.5 Å². The second kappa shape index (κ2) is 10.4. The first kappa shape index (κ1) is 23.3. The Morgan fingerprint density at radius 2 is 1.55 bits per heavy atom. The molecule has 0 unspecified atom stereocenters. The minimum absolute atomic E-state index is 0.0286. The van der Waals surface area contributed by atoms with Gasteiger partial charge < -0.3 is 5.32 Å². The number of piperidine rings is 1. The molecule has 172 valence electrons. The van der Waals surface area contributed by atoms with Gasteiger partial charge in [0.05, 0.1) is 15.6 Å². The molecule has 0 saturated carbocycles. The van der Waals surface area contributed by atoms with Crippen LogP contribution in [0.25, 0.3) is 0 Å². The van der Waals surface area contributed by atoms with Crippen LogP contribution in [0.3, 0.4) is 0 Å². The van der Waals surface area contributed by atoms with E-state index < -0.39 is 10.0 Å². The Balaban J connectivity index is 1.31. The summed E-state index contributed by atoms with van der Waals surface area (Å²) < 4.78 is 27.8. The average molecular weight is 484 g/mol. The van der Waals surface area contributed by atoms with E-state index in [1.165, 1.54) is 17.7 Å². The molecule has 0 aromatic heterocycles. The highest BCUT2D eigenvalue weighted by Gasteiger charge is 2.25. The van der Waals surface area contributed by atoms with E-state index in [0.29, 0.717) is 16.4 Å². The summed E-state index contributed by atoms with van der Waals surface area (Å²) in [6.45, 7) is 2.64. The third kappa shape index (κ3) is 6.13. The Hall–Kier alpha value is -2.87. The molecule has 1 saturated heterocycles. The summed E-state index contributed by atoms with van der Waals surface area (Å²) >= 11 is 6.05. The fraction of sp³-hybridized carbons (Fsp3) is 0.240. The number of carbonyl (C=O) groups is 1. The van der Waals surface area contributed by atoms with Crippen molar-refractivity contribution in [2.45, 2.75) is 24.3 Å². The fourth-order valence-corrected chi connectivity index (χ4v) is 5.22. The highest BCUT2D eigenvalue weighted by molar-refractivity contribution is 7.92. The summed E-state index contributed by atoms with van der Waals surface area (Å²) in [5.41, 5.74) is 2.16. The van der Waals surface area contributed by atoms with Crippen LogP contribution in [0.15, 0.2) is 83.8 Å². The van der Waals surface area contributed by atoms with Crippen molar-refractivity contribution in [3.8, 4) is 0 Å². The molecule has 1 amide bonds. The number of anilines is 2. The van der Waals surface area contributed by atoms with Crippen LogP contribution < -0.4 is 10.0 Å². The van der Waals surface area contributed by atoms with Crippen molar-refractivity contribution in [3.05, 3.63) is 89.4 Å². The Bertz CT molecular complexity index is 1190. The lowest BCUT2D eigenvalue weighted by molar-refractivity contribution is -0.121. The lowest BCUT2D eigenvalue weighted by Gasteiger charge is -2.31. The smallest absolute Gasteiger partial charge is 0.261 e. The van der Waals surface area contributed by atoms with E-state index in [1.54, 1.807) is 36.4 Å². The third-order valence-electron chi connectivity index (χ3n) is 5.76. The van der Waals surface area contributed by atoms with E-state index in [2.05, 4.69) is 27.1 Å². The first-order valence-corrected chi connectivity index (χ1v) is 12.7. The summed E-state index contributed by atoms with van der Waals surface area (Å²) in [7, 11) is -3.79. The predicted molar refractivity (Wildman–Crippen MR) is 132 cm³/mol. The first-order valence-electron chi connectivity index (χ1n) is 10.9. The number of hydrogen-bond acceptors (Lipinski definition) is 4. The van der Waals surface area contributed by atoms with Gasteiger partial charge >= 0.3 is 0 Å². The Morgan fingerprint density at radius 3 is 2.21 bits per heavy atom. The molecule has 33 heavy (non-hydrogen) atoms. The summed E-state index contributed by atoms with van der Waals surface area (Å²) in [4.78, 5) is 15.2. The number of nitrogens with one attached hydrogen (secondary N) is 2. The number of benzene rings is 3. The van der Waals surface area contributed by atoms with Crippen molar-refractivity contribution in [1.82, 2.24) is 4.90 Å². The predicted octanol–water partition coefficient (Wildman–Crippen LogP) is 4.99. The minimum atomic E-state index is -3.79. The van der Waals surface area contributed by atoms with Gasteiger partial charge in [-0.05, 0) is 67.9 Å². The number of para-hydroxylation sites is 1. The molecule has 6 nitrogen and oxygen atoms in total. The van der Waals surface area contributed by atoms with Crippen LogP contribution in [0.5, 0.6) is 0 Å². The van der Waals surface area contributed by atoms with Gasteiger partial charge in [-0.2, -0.15) is 0 Å². The molecule has 3 aromatic rings. The van der Waals surface area contributed by atoms with Gasteiger partial charge in [0.2, 0.25) is 5.91 Å². The maximum atomic E-state index is 12.7. The maximum Gasteiger partial charge on any atom is 0.261 e. The summed E-state index contributed by atoms with van der Waals surface area (Å²) in [6.07, 6.45) is 1.60. The molecule has 8 heteroatoms. The molecule has 0 spiro atoms. The van der Waals surface area contributed by atoms with Gasteiger partial charge in [0.1, 0.15) is 0 Å².